The van der Waals surface area contributed by atoms with Crippen LogP contribution in [-0.2, 0) is 0 Å². The van der Waals surface area contributed by atoms with Gasteiger partial charge in [0.25, 0.3) is 5.91 Å². The number of aromatic nitrogens is 1. The molecule has 0 aliphatic heterocycles. The molecule has 1 heterocycles. The molecule has 2 aromatic rings. The van der Waals surface area contributed by atoms with Gasteiger partial charge in [-0.15, -0.1) is 0 Å². The van der Waals surface area contributed by atoms with Crippen LogP contribution in [0.5, 0.6) is 0 Å². The normalized spacial score (nSPS) is 11.5. The van der Waals surface area contributed by atoms with E-state index in [0.717, 1.165) is 22.7 Å². The number of halogens is 1. The van der Waals surface area contributed by atoms with E-state index < -0.39 is 0 Å². The number of rotatable bonds is 4. The molecular weight excluding hydrogens is 304 g/mol. The maximum atomic E-state index is 12.2. The fourth-order valence-corrected chi connectivity index (χ4v) is 2.89. The average molecular weight is 321 g/mol. The van der Waals surface area contributed by atoms with E-state index in [1.807, 2.05) is 44.2 Å². The molecule has 19 heavy (non-hydrogen) atoms. The number of benzene rings is 1. The predicted molar refractivity (Wildman–Crippen MR) is 81.7 cm³/mol. The molecular formula is C15H17BrN2O. The number of nitrogens with one attached hydrogen (secondary N) is 1. The Morgan fingerprint density at radius 1 is 1.37 bits per heavy atom. The summed E-state index contributed by atoms with van der Waals surface area (Å²) in [6.07, 6.45) is 2.63. The van der Waals surface area contributed by atoms with Gasteiger partial charge in [0, 0.05) is 28.0 Å². The lowest BCUT2D eigenvalue weighted by atomic mass is 10.0. The first kappa shape index (κ1) is 14.0. The lowest BCUT2D eigenvalue weighted by molar-refractivity contribution is 0.0912. The van der Waals surface area contributed by atoms with E-state index in [1.54, 1.807) is 6.20 Å². The van der Waals surface area contributed by atoms with Crippen molar-refractivity contribution < 1.29 is 4.79 Å². The smallest absolute Gasteiger partial charge is 0.251 e. The van der Waals surface area contributed by atoms with Crippen LogP contribution in [0.25, 0.3) is 10.9 Å². The van der Waals surface area contributed by atoms with Gasteiger partial charge < -0.3 is 5.32 Å². The second-order valence-electron chi connectivity index (χ2n) is 5.19. The van der Waals surface area contributed by atoms with E-state index >= 15 is 0 Å². The van der Waals surface area contributed by atoms with Crippen LogP contribution in [0.3, 0.4) is 0 Å². The second kappa shape index (κ2) is 5.70. The van der Waals surface area contributed by atoms with Gasteiger partial charge in [0.15, 0.2) is 0 Å². The molecule has 0 bridgehead atoms. The molecule has 0 unspecified atom stereocenters. The predicted octanol–water partition coefficient (Wildman–Crippen LogP) is 3.53. The van der Waals surface area contributed by atoms with Gasteiger partial charge in [0.05, 0.1) is 5.52 Å². The fourth-order valence-electron chi connectivity index (χ4n) is 1.90. The first-order valence-electron chi connectivity index (χ1n) is 6.25. The number of alkyl halides is 1. The SMILES string of the molecule is CC(C)(CCBr)NC(=O)c1ccc2ncccc2c1. The summed E-state index contributed by atoms with van der Waals surface area (Å²) in [7, 11) is 0. The van der Waals surface area contributed by atoms with E-state index in [4.69, 9.17) is 0 Å². The van der Waals surface area contributed by atoms with E-state index in [-0.39, 0.29) is 11.4 Å². The third-order valence-electron chi connectivity index (χ3n) is 3.04. The Balaban J connectivity index is 2.22. The summed E-state index contributed by atoms with van der Waals surface area (Å²) in [5.41, 5.74) is 1.35. The monoisotopic (exact) mass is 320 g/mol. The minimum atomic E-state index is -0.218. The number of carbonyl (C=O) groups excluding carboxylic acids is 1. The average Bonchev–Trinajstić information content (AvgIpc) is 2.37. The number of hydrogen-bond acceptors (Lipinski definition) is 2. The van der Waals surface area contributed by atoms with Crippen LogP contribution in [0.1, 0.15) is 30.6 Å². The van der Waals surface area contributed by atoms with Crippen molar-refractivity contribution >= 4 is 32.7 Å². The van der Waals surface area contributed by atoms with Gasteiger partial charge in [-0.3, -0.25) is 9.78 Å². The Labute approximate surface area is 121 Å². The van der Waals surface area contributed by atoms with Crippen molar-refractivity contribution in [2.75, 3.05) is 5.33 Å². The fraction of sp³-hybridized carbons (Fsp3) is 0.333. The second-order valence-corrected chi connectivity index (χ2v) is 5.98. The van der Waals surface area contributed by atoms with Crippen LogP contribution in [0.4, 0.5) is 0 Å². The number of carbonyl (C=O) groups is 1. The molecule has 1 aromatic carbocycles. The molecule has 4 heteroatoms. The summed E-state index contributed by atoms with van der Waals surface area (Å²) in [6, 6.07) is 9.40. The van der Waals surface area contributed by atoms with E-state index in [0.29, 0.717) is 5.56 Å². The molecule has 0 aliphatic rings. The lowest BCUT2D eigenvalue weighted by Gasteiger charge is -2.25. The van der Waals surface area contributed by atoms with Gasteiger partial charge in [0.1, 0.15) is 0 Å². The van der Waals surface area contributed by atoms with E-state index in [1.165, 1.54) is 0 Å². The van der Waals surface area contributed by atoms with Gasteiger partial charge in [-0.05, 0) is 44.5 Å². The molecule has 0 atom stereocenters. The first-order valence-corrected chi connectivity index (χ1v) is 7.37. The highest BCUT2D eigenvalue weighted by Gasteiger charge is 2.20. The van der Waals surface area contributed by atoms with Crippen molar-refractivity contribution in [1.82, 2.24) is 10.3 Å². The summed E-state index contributed by atoms with van der Waals surface area (Å²) in [5, 5.41) is 4.89. The molecule has 3 nitrogen and oxygen atoms in total. The standard InChI is InChI=1S/C15H17BrN2O/c1-15(2,7-8-16)18-14(19)12-5-6-13-11(10-12)4-3-9-17-13/h3-6,9-10H,7-8H2,1-2H3,(H,18,19). The van der Waals surface area contributed by atoms with Crippen molar-refractivity contribution in [3.05, 3.63) is 42.1 Å². The Bertz CT molecular complexity index is 595. The third kappa shape index (κ3) is 3.53. The molecule has 0 saturated carbocycles. The summed E-state index contributed by atoms with van der Waals surface area (Å²) < 4.78 is 0. The summed E-state index contributed by atoms with van der Waals surface area (Å²) in [6.45, 7) is 4.05. The highest BCUT2D eigenvalue weighted by Crippen LogP contribution is 2.15. The number of amides is 1. The molecule has 100 valence electrons. The first-order chi connectivity index (χ1) is 9.02. The van der Waals surface area contributed by atoms with Crippen molar-refractivity contribution in [2.24, 2.45) is 0 Å². The zero-order valence-electron chi connectivity index (χ0n) is 11.1. The quantitative estimate of drug-likeness (QED) is 0.876. The van der Waals surface area contributed by atoms with Crippen molar-refractivity contribution in [3.8, 4) is 0 Å². The molecule has 0 spiro atoms. The van der Waals surface area contributed by atoms with E-state index in [9.17, 15) is 4.79 Å². The minimum absolute atomic E-state index is 0.0447. The largest absolute Gasteiger partial charge is 0.347 e. The van der Waals surface area contributed by atoms with Crippen molar-refractivity contribution in [1.29, 1.82) is 0 Å². The summed E-state index contributed by atoms with van der Waals surface area (Å²) >= 11 is 3.40. The number of pyridine rings is 1. The van der Waals surface area contributed by atoms with Crippen molar-refractivity contribution in [2.45, 2.75) is 25.8 Å². The maximum Gasteiger partial charge on any atom is 0.251 e. The lowest BCUT2D eigenvalue weighted by Crippen LogP contribution is -2.43. The molecule has 2 rings (SSSR count). The molecule has 1 aromatic heterocycles. The maximum absolute atomic E-state index is 12.2. The highest BCUT2D eigenvalue weighted by atomic mass is 79.9. The Hall–Kier alpha value is -1.42. The van der Waals surface area contributed by atoms with Crippen molar-refractivity contribution in [3.63, 3.8) is 0 Å². The molecule has 0 saturated heterocycles. The van der Waals surface area contributed by atoms with Gasteiger partial charge in [-0.1, -0.05) is 22.0 Å². The van der Waals surface area contributed by atoms with Crippen LogP contribution in [0, 0.1) is 0 Å². The topological polar surface area (TPSA) is 42.0 Å². The van der Waals surface area contributed by atoms with Crippen LogP contribution >= 0.6 is 15.9 Å². The molecule has 1 amide bonds. The van der Waals surface area contributed by atoms with Crippen LogP contribution in [-0.4, -0.2) is 21.8 Å². The number of fused-ring (bicyclic) bond motifs is 1. The zero-order valence-corrected chi connectivity index (χ0v) is 12.7. The zero-order chi connectivity index (χ0) is 13.9. The van der Waals surface area contributed by atoms with Gasteiger partial charge in [-0.25, -0.2) is 0 Å². The van der Waals surface area contributed by atoms with Gasteiger partial charge in [0.2, 0.25) is 0 Å². The molecule has 0 radical (unpaired) electrons. The summed E-state index contributed by atoms with van der Waals surface area (Å²) in [5.74, 6) is -0.0447. The molecule has 0 aliphatic carbocycles. The Morgan fingerprint density at radius 3 is 2.89 bits per heavy atom. The van der Waals surface area contributed by atoms with Crippen LogP contribution < -0.4 is 5.32 Å². The van der Waals surface area contributed by atoms with Crippen LogP contribution in [0.2, 0.25) is 0 Å². The number of nitrogens with zero attached hydrogens (tertiary/aromatic N) is 1. The van der Waals surface area contributed by atoms with Gasteiger partial charge >= 0.3 is 0 Å². The Morgan fingerprint density at radius 2 is 2.16 bits per heavy atom. The highest BCUT2D eigenvalue weighted by molar-refractivity contribution is 9.09. The number of hydrogen-bond donors (Lipinski definition) is 1. The molecule has 1 N–H and O–H groups in total. The Kier molecular flexibility index (Phi) is 4.20. The van der Waals surface area contributed by atoms with Gasteiger partial charge in [-0.2, -0.15) is 0 Å². The summed E-state index contributed by atoms with van der Waals surface area (Å²) in [4.78, 5) is 16.5. The van der Waals surface area contributed by atoms with E-state index in [2.05, 4.69) is 26.2 Å². The van der Waals surface area contributed by atoms with Crippen LogP contribution in [0.15, 0.2) is 36.5 Å². The molecule has 0 fully saturated rings. The minimum Gasteiger partial charge on any atom is -0.347 e. The third-order valence-corrected chi connectivity index (χ3v) is 3.43.